The predicted octanol–water partition coefficient (Wildman–Crippen LogP) is 2.64. The molecule has 27 heavy (non-hydrogen) atoms. The minimum absolute atomic E-state index is 0.394. The monoisotopic (exact) mass is 386 g/mol. The highest BCUT2D eigenvalue weighted by Gasteiger charge is 2.44. The summed E-state index contributed by atoms with van der Waals surface area (Å²) in [6, 6.07) is 4.84. The van der Waals surface area contributed by atoms with Gasteiger partial charge in [0.25, 0.3) is 11.8 Å². The highest BCUT2D eigenvalue weighted by atomic mass is 19.3. The Labute approximate surface area is 152 Å². The summed E-state index contributed by atoms with van der Waals surface area (Å²) in [4.78, 5) is 23.0. The van der Waals surface area contributed by atoms with Crippen molar-refractivity contribution in [3.8, 4) is 11.8 Å². The summed E-state index contributed by atoms with van der Waals surface area (Å²) in [6.45, 7) is -3.43. The fourth-order valence-electron chi connectivity index (χ4n) is 2.43. The minimum atomic E-state index is -3.67. The molecule has 0 spiro atoms. The number of nitriles is 1. The molecule has 0 heterocycles. The Hall–Kier alpha value is -2.83. The Morgan fingerprint density at radius 1 is 1.41 bits per heavy atom. The third-order valence-electron chi connectivity index (χ3n) is 4.00. The van der Waals surface area contributed by atoms with E-state index in [1.165, 1.54) is 0 Å². The Balaban J connectivity index is 2.09. The van der Waals surface area contributed by atoms with Gasteiger partial charge < -0.3 is 15.8 Å². The SMILES string of the molecule is N#CC1(NC(=O)[CH]CCC(F)(F)c2cccc(C(N)=O)c2OC(F)F)CC1. The van der Waals surface area contributed by atoms with E-state index in [-0.39, 0.29) is 0 Å². The van der Waals surface area contributed by atoms with Crippen molar-refractivity contribution in [3.63, 3.8) is 0 Å². The van der Waals surface area contributed by atoms with Gasteiger partial charge in [-0.1, -0.05) is 6.07 Å². The van der Waals surface area contributed by atoms with Crippen molar-refractivity contribution >= 4 is 11.8 Å². The quantitative estimate of drug-likeness (QED) is 0.637. The van der Waals surface area contributed by atoms with E-state index in [0.29, 0.717) is 12.8 Å². The minimum Gasteiger partial charge on any atom is -0.433 e. The molecule has 2 amide bonds. The van der Waals surface area contributed by atoms with E-state index in [2.05, 4.69) is 10.1 Å². The van der Waals surface area contributed by atoms with Crippen LogP contribution in [-0.2, 0) is 10.7 Å². The number of hydrogen-bond donors (Lipinski definition) is 2. The lowest BCUT2D eigenvalue weighted by Crippen LogP contribution is -2.35. The first-order chi connectivity index (χ1) is 12.6. The molecule has 145 valence electrons. The normalized spacial score (nSPS) is 15.1. The van der Waals surface area contributed by atoms with Crippen LogP contribution in [0.1, 0.15) is 41.6 Å². The molecule has 1 fully saturated rings. The molecule has 0 aliphatic heterocycles. The summed E-state index contributed by atoms with van der Waals surface area (Å²) in [5.41, 5.74) is 2.57. The number of alkyl halides is 4. The molecule has 1 saturated carbocycles. The van der Waals surface area contributed by atoms with Crippen LogP contribution in [0.5, 0.6) is 5.75 Å². The molecule has 0 unspecified atom stereocenters. The third-order valence-corrected chi connectivity index (χ3v) is 4.00. The van der Waals surface area contributed by atoms with Gasteiger partial charge in [0.2, 0.25) is 5.91 Å². The van der Waals surface area contributed by atoms with E-state index in [1.54, 1.807) is 0 Å². The zero-order chi connectivity index (χ0) is 20.2. The van der Waals surface area contributed by atoms with Gasteiger partial charge in [0.1, 0.15) is 11.3 Å². The van der Waals surface area contributed by atoms with Gasteiger partial charge in [-0.3, -0.25) is 9.59 Å². The molecular weight excluding hydrogens is 370 g/mol. The van der Waals surface area contributed by atoms with E-state index >= 15 is 0 Å². The maximum atomic E-state index is 14.5. The Kier molecular flexibility index (Phi) is 5.93. The number of nitrogens with one attached hydrogen (secondary N) is 1. The van der Waals surface area contributed by atoms with Gasteiger partial charge in [-0.2, -0.15) is 14.0 Å². The number of ether oxygens (including phenoxy) is 1. The van der Waals surface area contributed by atoms with Crippen molar-refractivity contribution in [2.24, 2.45) is 5.73 Å². The standard InChI is InChI=1S/C17H16F4N3O3/c18-15(19)27-13-10(14(23)26)3-1-4-11(13)17(20,21)6-2-5-12(25)24-16(9-22)7-8-16/h1,3-5,15H,2,6-8H2,(H2,23,26)(H,24,25). The van der Waals surface area contributed by atoms with Crippen LogP contribution in [-0.4, -0.2) is 24.0 Å². The molecule has 1 aromatic rings. The number of halogens is 4. The summed E-state index contributed by atoms with van der Waals surface area (Å²) in [6.07, 6.45) is 0.648. The van der Waals surface area contributed by atoms with Crippen LogP contribution in [0.4, 0.5) is 17.6 Å². The zero-order valence-corrected chi connectivity index (χ0v) is 14.0. The van der Waals surface area contributed by atoms with Gasteiger partial charge in [0.15, 0.2) is 0 Å². The molecule has 2 rings (SSSR count). The number of hydrogen-bond acceptors (Lipinski definition) is 4. The van der Waals surface area contributed by atoms with E-state index in [9.17, 15) is 27.2 Å². The molecule has 1 aliphatic rings. The van der Waals surface area contributed by atoms with Crippen LogP contribution in [0.3, 0.4) is 0 Å². The van der Waals surface area contributed by atoms with Crippen molar-refractivity contribution in [2.45, 2.75) is 43.8 Å². The van der Waals surface area contributed by atoms with Gasteiger partial charge >= 0.3 is 6.61 Å². The smallest absolute Gasteiger partial charge is 0.387 e. The predicted molar refractivity (Wildman–Crippen MR) is 84.7 cm³/mol. The van der Waals surface area contributed by atoms with Crippen LogP contribution in [0.25, 0.3) is 0 Å². The van der Waals surface area contributed by atoms with Crippen molar-refractivity contribution < 1.29 is 31.9 Å². The summed E-state index contributed by atoms with van der Waals surface area (Å²) in [5, 5.41) is 11.3. The first-order valence-electron chi connectivity index (χ1n) is 7.93. The highest BCUT2D eigenvalue weighted by Crippen LogP contribution is 2.41. The van der Waals surface area contributed by atoms with Gasteiger partial charge in [-0.15, -0.1) is 0 Å². The molecule has 0 saturated heterocycles. The summed E-state index contributed by atoms with van der Waals surface area (Å²) in [7, 11) is 0. The number of nitrogens with zero attached hydrogens (tertiary/aromatic N) is 1. The van der Waals surface area contributed by atoms with Crippen LogP contribution >= 0.6 is 0 Å². The van der Waals surface area contributed by atoms with Crippen LogP contribution in [0.15, 0.2) is 18.2 Å². The summed E-state index contributed by atoms with van der Waals surface area (Å²) in [5.74, 6) is -6.52. The van der Waals surface area contributed by atoms with E-state index in [4.69, 9.17) is 11.0 Å². The van der Waals surface area contributed by atoms with Gasteiger partial charge in [-0.05, 0) is 31.4 Å². The molecule has 1 aliphatic carbocycles. The number of amides is 2. The average molecular weight is 386 g/mol. The molecule has 1 aromatic carbocycles. The fraction of sp³-hybridized carbons (Fsp3) is 0.412. The first-order valence-corrected chi connectivity index (χ1v) is 7.93. The second kappa shape index (κ2) is 7.82. The van der Waals surface area contributed by atoms with Crippen molar-refractivity contribution in [1.29, 1.82) is 5.26 Å². The maximum Gasteiger partial charge on any atom is 0.387 e. The molecule has 0 aromatic heterocycles. The average Bonchev–Trinajstić information content (AvgIpc) is 3.33. The molecular formula is C17H16F4N3O3. The number of carbonyl (C=O) groups excluding carboxylic acids is 2. The summed E-state index contributed by atoms with van der Waals surface area (Å²) < 4.78 is 58.3. The molecule has 10 heteroatoms. The fourth-order valence-corrected chi connectivity index (χ4v) is 2.43. The highest BCUT2D eigenvalue weighted by molar-refractivity contribution is 5.96. The number of nitrogens with two attached hydrogens (primary N) is 1. The maximum absolute atomic E-state index is 14.5. The molecule has 0 bridgehead atoms. The van der Waals surface area contributed by atoms with Crippen molar-refractivity contribution in [1.82, 2.24) is 5.32 Å². The second-order valence-electron chi connectivity index (χ2n) is 6.06. The van der Waals surface area contributed by atoms with Crippen LogP contribution in [0.2, 0.25) is 0 Å². The lowest BCUT2D eigenvalue weighted by atomic mass is 9.98. The molecule has 6 nitrogen and oxygen atoms in total. The molecule has 1 radical (unpaired) electrons. The lowest BCUT2D eigenvalue weighted by molar-refractivity contribution is -0.118. The second-order valence-corrected chi connectivity index (χ2v) is 6.06. The van der Waals surface area contributed by atoms with E-state index < -0.39 is 59.6 Å². The number of para-hydroxylation sites is 1. The van der Waals surface area contributed by atoms with Crippen molar-refractivity contribution in [2.75, 3.05) is 0 Å². The number of benzene rings is 1. The lowest BCUT2D eigenvalue weighted by Gasteiger charge is -2.21. The van der Waals surface area contributed by atoms with Crippen LogP contribution < -0.4 is 15.8 Å². The zero-order valence-electron chi connectivity index (χ0n) is 14.0. The van der Waals surface area contributed by atoms with E-state index in [0.717, 1.165) is 24.6 Å². The Bertz CT molecular complexity index is 773. The Morgan fingerprint density at radius 3 is 2.59 bits per heavy atom. The number of rotatable bonds is 9. The number of carbonyl (C=O) groups is 2. The van der Waals surface area contributed by atoms with E-state index in [1.807, 2.05) is 6.07 Å². The van der Waals surface area contributed by atoms with Gasteiger partial charge in [0, 0.05) is 12.8 Å². The van der Waals surface area contributed by atoms with Crippen molar-refractivity contribution in [3.05, 3.63) is 35.7 Å². The van der Waals surface area contributed by atoms with Gasteiger partial charge in [0.05, 0.1) is 17.2 Å². The summed E-state index contributed by atoms with van der Waals surface area (Å²) >= 11 is 0. The van der Waals surface area contributed by atoms with Crippen LogP contribution in [0, 0.1) is 17.8 Å². The molecule has 0 atom stereocenters. The first kappa shape index (κ1) is 20.5. The molecule has 3 N–H and O–H groups in total. The third kappa shape index (κ3) is 5.09. The number of primary amides is 1. The largest absolute Gasteiger partial charge is 0.433 e. The van der Waals surface area contributed by atoms with Gasteiger partial charge in [-0.25, -0.2) is 8.78 Å². The Morgan fingerprint density at radius 2 is 2.07 bits per heavy atom. The topological polar surface area (TPSA) is 105 Å².